The molecule has 0 aliphatic carbocycles. The van der Waals surface area contributed by atoms with Crippen molar-refractivity contribution in [2.75, 3.05) is 0 Å². The fourth-order valence-electron chi connectivity index (χ4n) is 2.85. The molecule has 1 fully saturated rings. The molecule has 0 unspecified atom stereocenters. The van der Waals surface area contributed by atoms with Gasteiger partial charge >= 0.3 is 6.03 Å². The molecule has 5 nitrogen and oxygen atoms in total. The Hall–Kier alpha value is -3.19. The van der Waals surface area contributed by atoms with Gasteiger partial charge in [0.15, 0.2) is 0 Å². The number of nitrogens with zero attached hydrogens (tertiary/aromatic N) is 1. The van der Waals surface area contributed by atoms with Crippen LogP contribution in [0.5, 0.6) is 0 Å². The van der Waals surface area contributed by atoms with Gasteiger partial charge in [0.25, 0.3) is 5.91 Å². The largest absolute Gasteiger partial charge is 0.457 e. The molecule has 7 heteroatoms. The maximum atomic E-state index is 13.8. The van der Waals surface area contributed by atoms with Gasteiger partial charge in [-0.2, -0.15) is 0 Å². The summed E-state index contributed by atoms with van der Waals surface area (Å²) in [4.78, 5) is 25.7. The number of benzene rings is 2. The van der Waals surface area contributed by atoms with E-state index in [0.717, 1.165) is 14.9 Å². The van der Waals surface area contributed by atoms with E-state index in [2.05, 4.69) is 21.2 Å². The van der Waals surface area contributed by atoms with Crippen LogP contribution >= 0.6 is 15.9 Å². The second-order valence-electron chi connectivity index (χ2n) is 6.18. The van der Waals surface area contributed by atoms with Crippen molar-refractivity contribution in [3.05, 3.63) is 88.0 Å². The number of amides is 3. The molecule has 28 heavy (non-hydrogen) atoms. The summed E-state index contributed by atoms with van der Waals surface area (Å²) in [5.41, 5.74) is 1.23. The minimum absolute atomic E-state index is 0.0815. The molecule has 1 aliphatic rings. The number of urea groups is 1. The minimum atomic E-state index is -0.598. The van der Waals surface area contributed by atoms with E-state index in [9.17, 15) is 14.0 Å². The maximum absolute atomic E-state index is 13.8. The molecule has 2 heterocycles. The van der Waals surface area contributed by atoms with Crippen molar-refractivity contribution in [3.63, 3.8) is 0 Å². The molecule has 0 bridgehead atoms. The monoisotopic (exact) mass is 440 g/mol. The van der Waals surface area contributed by atoms with Crippen molar-refractivity contribution < 1.29 is 18.4 Å². The van der Waals surface area contributed by atoms with E-state index in [1.54, 1.807) is 24.3 Å². The first-order chi connectivity index (χ1) is 13.5. The zero-order valence-electron chi connectivity index (χ0n) is 14.5. The molecule has 2 aromatic carbocycles. The van der Waals surface area contributed by atoms with Crippen LogP contribution in [0.15, 0.2) is 75.3 Å². The van der Waals surface area contributed by atoms with E-state index in [-0.39, 0.29) is 17.8 Å². The van der Waals surface area contributed by atoms with Crippen molar-refractivity contribution >= 4 is 33.9 Å². The second kappa shape index (κ2) is 7.44. The number of halogens is 2. The average Bonchev–Trinajstić information content (AvgIpc) is 3.24. The van der Waals surface area contributed by atoms with Gasteiger partial charge in [-0.3, -0.25) is 9.69 Å². The highest BCUT2D eigenvalue weighted by Crippen LogP contribution is 2.26. The minimum Gasteiger partial charge on any atom is -0.457 e. The van der Waals surface area contributed by atoms with Gasteiger partial charge in [0.2, 0.25) is 0 Å². The molecule has 0 spiro atoms. The molecule has 3 aromatic rings. The first-order valence-corrected chi connectivity index (χ1v) is 9.24. The Kier molecular flexibility index (Phi) is 4.83. The SMILES string of the molecule is O=C1N/C(=C/c2ccc(-c3ccc(Br)cc3)o2)C(=O)N1Cc1ccccc1F. The smallest absolute Gasteiger partial charge is 0.329 e. The number of hydrogen-bond donors (Lipinski definition) is 1. The highest BCUT2D eigenvalue weighted by Gasteiger charge is 2.34. The standard InChI is InChI=1S/C21H14BrFN2O3/c22-15-7-5-13(6-8-15)19-10-9-16(28-19)11-18-20(26)25(21(27)24-18)12-14-3-1-2-4-17(14)23/h1-11H,12H2,(H,24,27)/b18-11+. The summed E-state index contributed by atoms with van der Waals surface area (Å²) >= 11 is 3.38. The summed E-state index contributed by atoms with van der Waals surface area (Å²) in [5, 5.41) is 2.51. The Morgan fingerprint density at radius 2 is 1.79 bits per heavy atom. The van der Waals surface area contributed by atoms with Gasteiger partial charge in [0, 0.05) is 21.7 Å². The number of imide groups is 1. The topological polar surface area (TPSA) is 62.6 Å². The Morgan fingerprint density at radius 3 is 2.54 bits per heavy atom. The molecule has 1 aliphatic heterocycles. The van der Waals surface area contributed by atoms with Crippen molar-refractivity contribution in [2.45, 2.75) is 6.54 Å². The van der Waals surface area contributed by atoms with Crippen molar-refractivity contribution in [2.24, 2.45) is 0 Å². The normalized spacial score (nSPS) is 15.4. The third kappa shape index (κ3) is 3.61. The summed E-state index contributed by atoms with van der Waals surface area (Å²) < 4.78 is 20.5. The molecule has 0 radical (unpaired) electrons. The van der Waals surface area contributed by atoms with Gasteiger partial charge in [-0.15, -0.1) is 0 Å². The van der Waals surface area contributed by atoms with Gasteiger partial charge in [-0.25, -0.2) is 9.18 Å². The molecular weight excluding hydrogens is 427 g/mol. The summed E-state index contributed by atoms with van der Waals surface area (Å²) in [6.07, 6.45) is 1.46. The molecule has 0 saturated carbocycles. The Morgan fingerprint density at radius 1 is 1.04 bits per heavy atom. The van der Waals surface area contributed by atoms with E-state index in [1.165, 1.54) is 18.2 Å². The average molecular weight is 441 g/mol. The molecule has 1 saturated heterocycles. The molecular formula is C21H14BrFN2O3. The summed E-state index contributed by atoms with van der Waals surface area (Å²) in [6.45, 7) is -0.142. The first-order valence-electron chi connectivity index (χ1n) is 8.45. The van der Waals surface area contributed by atoms with Crippen LogP contribution in [0.2, 0.25) is 0 Å². The lowest BCUT2D eigenvalue weighted by Gasteiger charge is -2.12. The number of nitrogens with one attached hydrogen (secondary N) is 1. The van der Waals surface area contributed by atoms with Gasteiger partial charge in [0.05, 0.1) is 6.54 Å². The van der Waals surface area contributed by atoms with Gasteiger partial charge in [0.1, 0.15) is 23.0 Å². The van der Waals surface area contributed by atoms with Gasteiger partial charge < -0.3 is 9.73 Å². The summed E-state index contributed by atoms with van der Waals surface area (Å²) in [5.74, 6) is 0.0641. The van der Waals surface area contributed by atoms with E-state index < -0.39 is 17.8 Å². The fraction of sp³-hybridized carbons (Fsp3) is 0.0476. The lowest BCUT2D eigenvalue weighted by molar-refractivity contribution is -0.123. The number of hydrogen-bond acceptors (Lipinski definition) is 3. The third-order valence-electron chi connectivity index (χ3n) is 4.29. The molecule has 1 N–H and O–H groups in total. The van der Waals surface area contributed by atoms with E-state index >= 15 is 0 Å². The lowest BCUT2D eigenvalue weighted by atomic mass is 10.2. The van der Waals surface area contributed by atoms with E-state index in [4.69, 9.17) is 4.42 Å². The zero-order chi connectivity index (χ0) is 19.7. The third-order valence-corrected chi connectivity index (χ3v) is 4.82. The number of furan rings is 1. The number of carbonyl (C=O) groups excluding carboxylic acids is 2. The highest BCUT2D eigenvalue weighted by atomic mass is 79.9. The molecule has 140 valence electrons. The van der Waals surface area contributed by atoms with E-state index in [0.29, 0.717) is 11.5 Å². The quantitative estimate of drug-likeness (QED) is 0.461. The maximum Gasteiger partial charge on any atom is 0.329 e. The summed E-state index contributed by atoms with van der Waals surface area (Å²) in [6, 6.07) is 16.5. The lowest BCUT2D eigenvalue weighted by Crippen LogP contribution is -2.30. The predicted molar refractivity (Wildman–Crippen MR) is 105 cm³/mol. The zero-order valence-corrected chi connectivity index (χ0v) is 16.1. The Bertz CT molecular complexity index is 1090. The van der Waals surface area contributed by atoms with Crippen LogP contribution in [-0.2, 0) is 11.3 Å². The molecule has 1 aromatic heterocycles. The number of rotatable bonds is 4. The highest BCUT2D eigenvalue weighted by molar-refractivity contribution is 9.10. The van der Waals surface area contributed by atoms with Crippen LogP contribution in [0.4, 0.5) is 9.18 Å². The molecule has 0 atom stereocenters. The Labute approximate surface area is 168 Å². The number of carbonyl (C=O) groups is 2. The van der Waals surface area contributed by atoms with Gasteiger partial charge in [-0.1, -0.05) is 46.3 Å². The van der Waals surface area contributed by atoms with Gasteiger partial charge in [-0.05, 0) is 30.3 Å². The fourth-order valence-corrected chi connectivity index (χ4v) is 3.12. The molecule has 4 rings (SSSR count). The van der Waals surface area contributed by atoms with Crippen molar-refractivity contribution in [3.8, 4) is 11.3 Å². The van der Waals surface area contributed by atoms with Crippen molar-refractivity contribution in [1.29, 1.82) is 0 Å². The van der Waals surface area contributed by atoms with Crippen LogP contribution in [-0.4, -0.2) is 16.8 Å². The summed E-state index contributed by atoms with van der Waals surface area (Å²) in [7, 11) is 0. The Balaban J connectivity index is 1.54. The van der Waals surface area contributed by atoms with Crippen LogP contribution < -0.4 is 5.32 Å². The van der Waals surface area contributed by atoms with E-state index in [1.807, 2.05) is 24.3 Å². The van der Waals surface area contributed by atoms with Crippen LogP contribution in [0.3, 0.4) is 0 Å². The van der Waals surface area contributed by atoms with Crippen LogP contribution in [0.1, 0.15) is 11.3 Å². The predicted octanol–water partition coefficient (Wildman–Crippen LogP) is 4.94. The first kappa shape index (κ1) is 18.2. The van der Waals surface area contributed by atoms with Crippen LogP contribution in [0, 0.1) is 5.82 Å². The van der Waals surface area contributed by atoms with Crippen molar-refractivity contribution in [1.82, 2.24) is 10.2 Å². The molecule has 3 amide bonds. The second-order valence-corrected chi connectivity index (χ2v) is 7.10. The van der Waals surface area contributed by atoms with Crippen LogP contribution in [0.25, 0.3) is 17.4 Å².